The maximum absolute atomic E-state index is 10.8. The van der Waals surface area contributed by atoms with Crippen LogP contribution >= 0.6 is 0 Å². The van der Waals surface area contributed by atoms with Crippen LogP contribution in [0, 0.1) is 5.92 Å². The van der Waals surface area contributed by atoms with Crippen molar-refractivity contribution < 1.29 is 9.90 Å². The van der Waals surface area contributed by atoms with E-state index in [1.165, 1.54) is 39.0 Å². The van der Waals surface area contributed by atoms with Crippen LogP contribution in [0.1, 0.15) is 45.4 Å². The largest absolute Gasteiger partial charge is 0.394 e. The monoisotopic (exact) mass is 199 g/mol. The van der Waals surface area contributed by atoms with Crippen molar-refractivity contribution in [1.29, 1.82) is 0 Å². The van der Waals surface area contributed by atoms with Gasteiger partial charge in [0.2, 0.25) is 5.91 Å². The second-order valence-corrected chi connectivity index (χ2v) is 4.32. The summed E-state index contributed by atoms with van der Waals surface area (Å²) in [5.41, 5.74) is 0. The number of aliphatic hydroxyl groups excluding tert-OH is 1. The Morgan fingerprint density at radius 3 is 2.57 bits per heavy atom. The zero-order valence-electron chi connectivity index (χ0n) is 8.96. The molecule has 0 aliphatic heterocycles. The maximum atomic E-state index is 10.8. The molecule has 14 heavy (non-hydrogen) atoms. The predicted molar refractivity (Wildman–Crippen MR) is 55.9 cm³/mol. The first-order valence-electron chi connectivity index (χ1n) is 5.60. The van der Waals surface area contributed by atoms with Gasteiger partial charge in [-0.2, -0.15) is 0 Å². The minimum Gasteiger partial charge on any atom is -0.394 e. The molecule has 0 aromatic carbocycles. The summed E-state index contributed by atoms with van der Waals surface area (Å²) in [6.45, 7) is 1.57. The molecule has 1 fully saturated rings. The van der Waals surface area contributed by atoms with Gasteiger partial charge in [-0.05, 0) is 12.3 Å². The molecule has 0 aromatic rings. The van der Waals surface area contributed by atoms with E-state index in [9.17, 15) is 4.79 Å². The summed E-state index contributed by atoms with van der Waals surface area (Å²) in [6.07, 6.45) is 7.43. The van der Waals surface area contributed by atoms with Crippen molar-refractivity contribution in [2.24, 2.45) is 5.92 Å². The lowest BCUT2D eigenvalue weighted by Gasteiger charge is -2.25. The van der Waals surface area contributed by atoms with Crippen molar-refractivity contribution in [2.75, 3.05) is 6.61 Å². The van der Waals surface area contributed by atoms with Gasteiger partial charge in [-0.3, -0.25) is 4.79 Å². The van der Waals surface area contributed by atoms with E-state index in [1.807, 2.05) is 0 Å². The fraction of sp³-hybridized carbons (Fsp3) is 0.909. The minimum atomic E-state index is -0.0418. The number of aliphatic hydroxyl groups is 1. The summed E-state index contributed by atoms with van der Waals surface area (Å²) >= 11 is 0. The molecule has 2 N–H and O–H groups in total. The van der Waals surface area contributed by atoms with Gasteiger partial charge in [-0.1, -0.05) is 32.1 Å². The molecule has 0 aromatic heterocycles. The molecule has 1 saturated carbocycles. The van der Waals surface area contributed by atoms with Crippen LogP contribution in [0.3, 0.4) is 0 Å². The Labute approximate surface area is 85.9 Å². The molecular formula is C11H21NO2. The van der Waals surface area contributed by atoms with E-state index in [-0.39, 0.29) is 18.6 Å². The average Bonchev–Trinajstić information content (AvgIpc) is 2.17. The molecule has 1 amide bonds. The lowest BCUT2D eigenvalue weighted by atomic mass is 9.85. The maximum Gasteiger partial charge on any atom is 0.217 e. The first-order chi connectivity index (χ1) is 6.72. The summed E-state index contributed by atoms with van der Waals surface area (Å²) in [5.74, 6) is 0.660. The highest BCUT2D eigenvalue weighted by atomic mass is 16.3. The Hall–Kier alpha value is -0.570. The van der Waals surface area contributed by atoms with Crippen LogP contribution in [0.15, 0.2) is 0 Å². The number of hydrogen-bond acceptors (Lipinski definition) is 2. The van der Waals surface area contributed by atoms with Gasteiger partial charge in [0, 0.05) is 6.92 Å². The lowest BCUT2D eigenvalue weighted by molar-refractivity contribution is -0.120. The molecule has 0 spiro atoms. The van der Waals surface area contributed by atoms with E-state index in [1.54, 1.807) is 0 Å². The van der Waals surface area contributed by atoms with Crippen molar-refractivity contribution in [3.05, 3.63) is 0 Å². The Morgan fingerprint density at radius 2 is 2.07 bits per heavy atom. The topological polar surface area (TPSA) is 49.3 Å². The van der Waals surface area contributed by atoms with Crippen molar-refractivity contribution in [3.63, 3.8) is 0 Å². The van der Waals surface area contributed by atoms with Crippen molar-refractivity contribution in [1.82, 2.24) is 5.32 Å². The number of carbonyl (C=O) groups excluding carboxylic acids is 1. The highest BCUT2D eigenvalue weighted by molar-refractivity contribution is 5.73. The summed E-state index contributed by atoms with van der Waals surface area (Å²) in [4.78, 5) is 10.8. The average molecular weight is 199 g/mol. The third-order valence-corrected chi connectivity index (χ3v) is 2.97. The Morgan fingerprint density at radius 1 is 1.43 bits per heavy atom. The smallest absolute Gasteiger partial charge is 0.217 e. The van der Waals surface area contributed by atoms with Crippen LogP contribution in [0.25, 0.3) is 0 Å². The zero-order valence-corrected chi connectivity index (χ0v) is 8.96. The van der Waals surface area contributed by atoms with Crippen molar-refractivity contribution >= 4 is 5.91 Å². The van der Waals surface area contributed by atoms with Crippen LogP contribution in [0.4, 0.5) is 0 Å². The number of rotatable bonds is 4. The Kier molecular flexibility index (Phi) is 4.94. The quantitative estimate of drug-likeness (QED) is 0.720. The van der Waals surface area contributed by atoms with E-state index >= 15 is 0 Å². The molecule has 1 aliphatic rings. The SMILES string of the molecule is CC(=O)NC(CO)CC1CCCCC1. The highest BCUT2D eigenvalue weighted by Crippen LogP contribution is 2.27. The summed E-state index contributed by atoms with van der Waals surface area (Å²) < 4.78 is 0. The number of amides is 1. The molecule has 1 unspecified atom stereocenters. The van der Waals surface area contributed by atoms with Crippen LogP contribution in [0.5, 0.6) is 0 Å². The van der Waals surface area contributed by atoms with Gasteiger partial charge < -0.3 is 10.4 Å². The lowest BCUT2D eigenvalue weighted by Crippen LogP contribution is -2.37. The first-order valence-corrected chi connectivity index (χ1v) is 5.60. The van der Waals surface area contributed by atoms with E-state index in [2.05, 4.69) is 5.32 Å². The predicted octanol–water partition coefficient (Wildman–Crippen LogP) is 1.45. The van der Waals surface area contributed by atoms with E-state index < -0.39 is 0 Å². The molecule has 3 heteroatoms. The highest BCUT2D eigenvalue weighted by Gasteiger charge is 2.18. The molecule has 1 aliphatic carbocycles. The molecule has 3 nitrogen and oxygen atoms in total. The van der Waals surface area contributed by atoms with Gasteiger partial charge in [0.05, 0.1) is 12.6 Å². The van der Waals surface area contributed by atoms with Gasteiger partial charge in [0.1, 0.15) is 0 Å². The van der Waals surface area contributed by atoms with Gasteiger partial charge in [0.15, 0.2) is 0 Å². The van der Waals surface area contributed by atoms with Gasteiger partial charge in [0.25, 0.3) is 0 Å². The van der Waals surface area contributed by atoms with Crippen molar-refractivity contribution in [2.45, 2.75) is 51.5 Å². The number of carbonyl (C=O) groups is 1. The Balaban J connectivity index is 2.27. The van der Waals surface area contributed by atoms with Crippen LogP contribution in [-0.2, 0) is 4.79 Å². The fourth-order valence-electron chi connectivity index (χ4n) is 2.29. The second-order valence-electron chi connectivity index (χ2n) is 4.32. The van der Waals surface area contributed by atoms with Crippen LogP contribution in [0.2, 0.25) is 0 Å². The van der Waals surface area contributed by atoms with E-state index in [4.69, 9.17) is 5.11 Å². The van der Waals surface area contributed by atoms with Gasteiger partial charge >= 0.3 is 0 Å². The normalized spacial score (nSPS) is 20.4. The molecule has 1 rings (SSSR count). The minimum absolute atomic E-state index is 0.0319. The van der Waals surface area contributed by atoms with Crippen LogP contribution in [-0.4, -0.2) is 23.7 Å². The summed E-state index contributed by atoms with van der Waals surface area (Å²) in [7, 11) is 0. The molecule has 0 heterocycles. The summed E-state index contributed by atoms with van der Waals surface area (Å²) in [5, 5.41) is 11.9. The molecule has 0 bridgehead atoms. The van der Waals surface area contributed by atoms with Crippen molar-refractivity contribution in [3.8, 4) is 0 Å². The molecule has 1 atom stereocenters. The fourth-order valence-corrected chi connectivity index (χ4v) is 2.29. The zero-order chi connectivity index (χ0) is 10.4. The number of nitrogens with one attached hydrogen (secondary N) is 1. The first kappa shape index (κ1) is 11.5. The van der Waals surface area contributed by atoms with E-state index in [0.717, 1.165) is 6.42 Å². The third kappa shape index (κ3) is 4.09. The third-order valence-electron chi connectivity index (χ3n) is 2.97. The molecular weight excluding hydrogens is 178 g/mol. The van der Waals surface area contributed by atoms with Gasteiger partial charge in [-0.25, -0.2) is 0 Å². The molecule has 82 valence electrons. The van der Waals surface area contributed by atoms with Crippen LogP contribution < -0.4 is 5.32 Å². The van der Waals surface area contributed by atoms with Gasteiger partial charge in [-0.15, -0.1) is 0 Å². The molecule has 0 radical (unpaired) electrons. The Bertz CT molecular complexity index is 176. The standard InChI is InChI=1S/C11H21NO2/c1-9(14)12-11(8-13)7-10-5-3-2-4-6-10/h10-11,13H,2-8H2,1H3,(H,12,14). The molecule has 0 saturated heterocycles. The summed E-state index contributed by atoms with van der Waals surface area (Å²) in [6, 6.07) is -0.0319. The van der Waals surface area contributed by atoms with E-state index in [0.29, 0.717) is 5.92 Å². The second kappa shape index (κ2) is 6.02. The number of hydrogen-bond donors (Lipinski definition) is 2.